The fourth-order valence-electron chi connectivity index (χ4n) is 2.18. The number of aromatic nitrogens is 3. The van der Waals surface area contributed by atoms with Gasteiger partial charge < -0.3 is 11.1 Å². The Labute approximate surface area is 154 Å². The van der Waals surface area contributed by atoms with E-state index < -0.39 is 0 Å². The van der Waals surface area contributed by atoms with Crippen LogP contribution >= 0.6 is 11.3 Å². The Kier molecular flexibility index (Phi) is 5.28. The Morgan fingerprint density at radius 2 is 1.88 bits per heavy atom. The molecule has 26 heavy (non-hydrogen) atoms. The molecular weight excluding hydrogens is 350 g/mol. The van der Waals surface area contributed by atoms with E-state index in [9.17, 15) is 4.79 Å². The molecule has 2 aromatic heterocycles. The fourth-order valence-corrected chi connectivity index (χ4v) is 2.99. The lowest BCUT2D eigenvalue weighted by atomic mass is 10.1. The minimum atomic E-state index is -0.199. The van der Waals surface area contributed by atoms with Gasteiger partial charge in [-0.3, -0.25) is 15.6 Å². The summed E-state index contributed by atoms with van der Waals surface area (Å²) in [6.07, 6.45) is 1.61. The summed E-state index contributed by atoms with van der Waals surface area (Å²) in [5.41, 5.74) is 13.6. The third-order valence-electron chi connectivity index (χ3n) is 3.67. The van der Waals surface area contributed by atoms with Crippen molar-refractivity contribution < 1.29 is 4.79 Å². The molecular formula is C17H19N7OS. The first kappa shape index (κ1) is 17.6. The molecule has 0 saturated carbocycles. The van der Waals surface area contributed by atoms with E-state index in [1.807, 2.05) is 44.2 Å². The van der Waals surface area contributed by atoms with E-state index in [1.54, 1.807) is 0 Å². The number of hydrogen-bond donors (Lipinski definition) is 4. The Morgan fingerprint density at radius 1 is 1.15 bits per heavy atom. The largest absolute Gasteiger partial charge is 0.393 e. The van der Waals surface area contributed by atoms with Crippen LogP contribution in [0.4, 0.5) is 22.5 Å². The number of nitrogens with two attached hydrogens (primary N) is 1. The number of carbonyl (C=O) groups excluding carboxylic acids is 1. The van der Waals surface area contributed by atoms with E-state index >= 15 is 0 Å². The second-order valence-electron chi connectivity index (χ2n) is 5.61. The number of nitrogens with zero attached hydrogens (tertiary/aromatic N) is 3. The van der Waals surface area contributed by atoms with Crippen LogP contribution in [0.1, 0.15) is 16.1 Å². The molecule has 5 N–H and O–H groups in total. The third-order valence-corrected chi connectivity index (χ3v) is 4.65. The van der Waals surface area contributed by atoms with Crippen LogP contribution in [0, 0.1) is 13.8 Å². The van der Waals surface area contributed by atoms with E-state index in [1.165, 1.54) is 17.7 Å². The summed E-state index contributed by atoms with van der Waals surface area (Å²) in [5.74, 6) is 0.539. The van der Waals surface area contributed by atoms with Crippen molar-refractivity contribution in [3.05, 3.63) is 52.8 Å². The molecule has 1 amide bonds. The average molecular weight is 369 g/mol. The summed E-state index contributed by atoms with van der Waals surface area (Å²) in [4.78, 5) is 25.7. The molecule has 3 aromatic rings. The second-order valence-corrected chi connectivity index (χ2v) is 6.81. The zero-order chi connectivity index (χ0) is 18.5. The number of rotatable bonds is 6. The predicted octanol–water partition coefficient (Wildman–Crippen LogP) is 2.56. The van der Waals surface area contributed by atoms with Crippen molar-refractivity contribution in [3.63, 3.8) is 0 Å². The summed E-state index contributed by atoms with van der Waals surface area (Å²) >= 11 is 1.51. The molecule has 0 unspecified atom stereocenters. The number of amides is 1. The third kappa shape index (κ3) is 4.25. The predicted molar refractivity (Wildman–Crippen MR) is 103 cm³/mol. The molecule has 0 bridgehead atoms. The molecule has 3 rings (SSSR count). The number of carbonyl (C=O) groups is 1. The van der Waals surface area contributed by atoms with Gasteiger partial charge in [0, 0.05) is 4.88 Å². The number of anilines is 4. The van der Waals surface area contributed by atoms with E-state index in [-0.39, 0.29) is 18.0 Å². The van der Waals surface area contributed by atoms with Gasteiger partial charge in [0.15, 0.2) is 16.8 Å². The minimum absolute atomic E-state index is 0.199. The molecule has 1 aromatic carbocycles. The van der Waals surface area contributed by atoms with Gasteiger partial charge in [0.2, 0.25) is 5.91 Å². The summed E-state index contributed by atoms with van der Waals surface area (Å²) in [6, 6.07) is 9.45. The molecule has 0 fully saturated rings. The maximum Gasteiger partial charge on any atom is 0.242 e. The summed E-state index contributed by atoms with van der Waals surface area (Å²) in [5, 5.41) is 3.78. The molecule has 0 spiro atoms. The molecule has 0 saturated heterocycles. The zero-order valence-electron chi connectivity index (χ0n) is 14.4. The van der Waals surface area contributed by atoms with Crippen LogP contribution < -0.4 is 21.9 Å². The number of nitrogen functional groups attached to an aromatic ring is 1. The van der Waals surface area contributed by atoms with E-state index in [0.717, 1.165) is 16.1 Å². The first-order valence-corrected chi connectivity index (χ1v) is 8.75. The highest BCUT2D eigenvalue weighted by Gasteiger charge is 2.12. The molecule has 0 aliphatic rings. The first-order valence-electron chi connectivity index (χ1n) is 7.93. The standard InChI is InChI=1S/C17H19N7OS/c1-10-11(2)26-17(21-10)22-15-14(18)16(20-9-19-15)24-23-13(25)8-12-6-4-3-5-7-12/h3-7,9H,8,18H2,1-2H3,(H,23,25)(H2,19,20,21,22,24). The van der Waals surface area contributed by atoms with Gasteiger partial charge in [0.1, 0.15) is 12.0 Å². The summed E-state index contributed by atoms with van der Waals surface area (Å²) in [6.45, 7) is 3.94. The number of thiazole rings is 1. The normalized spacial score (nSPS) is 10.4. The smallest absolute Gasteiger partial charge is 0.242 e. The second kappa shape index (κ2) is 7.79. The van der Waals surface area contributed by atoms with Crippen molar-refractivity contribution in [2.75, 3.05) is 16.5 Å². The minimum Gasteiger partial charge on any atom is -0.393 e. The molecule has 0 aliphatic heterocycles. The van der Waals surface area contributed by atoms with E-state index in [0.29, 0.717) is 16.8 Å². The van der Waals surface area contributed by atoms with Gasteiger partial charge in [-0.15, -0.1) is 11.3 Å². The fraction of sp³-hybridized carbons (Fsp3) is 0.176. The van der Waals surface area contributed by atoms with Crippen LogP contribution in [-0.4, -0.2) is 20.9 Å². The molecule has 0 aliphatic carbocycles. The lowest BCUT2D eigenvalue weighted by molar-refractivity contribution is -0.119. The van der Waals surface area contributed by atoms with Crippen molar-refractivity contribution in [2.45, 2.75) is 20.3 Å². The highest BCUT2D eigenvalue weighted by Crippen LogP contribution is 2.28. The van der Waals surface area contributed by atoms with E-state index in [2.05, 4.69) is 31.1 Å². The highest BCUT2D eigenvalue weighted by molar-refractivity contribution is 7.15. The Hall–Kier alpha value is -3.20. The first-order chi connectivity index (χ1) is 12.5. The number of hydrazine groups is 1. The van der Waals surface area contributed by atoms with Gasteiger partial charge in [-0.05, 0) is 19.4 Å². The van der Waals surface area contributed by atoms with Crippen molar-refractivity contribution in [1.29, 1.82) is 0 Å². The van der Waals surface area contributed by atoms with Crippen molar-refractivity contribution >= 4 is 39.7 Å². The van der Waals surface area contributed by atoms with Crippen LogP contribution in [0.3, 0.4) is 0 Å². The topological polar surface area (TPSA) is 118 Å². The van der Waals surface area contributed by atoms with Gasteiger partial charge in [0.05, 0.1) is 12.1 Å². The van der Waals surface area contributed by atoms with Gasteiger partial charge in [-0.1, -0.05) is 30.3 Å². The van der Waals surface area contributed by atoms with Gasteiger partial charge in [-0.2, -0.15) is 0 Å². The maximum atomic E-state index is 12.0. The molecule has 0 radical (unpaired) electrons. The van der Waals surface area contributed by atoms with Crippen molar-refractivity contribution in [1.82, 2.24) is 20.4 Å². The number of benzene rings is 1. The number of aryl methyl sites for hydroxylation is 2. The number of nitrogens with one attached hydrogen (secondary N) is 3. The van der Waals surface area contributed by atoms with Crippen LogP contribution in [0.25, 0.3) is 0 Å². The lowest BCUT2D eigenvalue weighted by Gasteiger charge is -2.12. The van der Waals surface area contributed by atoms with Crippen LogP contribution in [0.5, 0.6) is 0 Å². The monoisotopic (exact) mass is 369 g/mol. The lowest BCUT2D eigenvalue weighted by Crippen LogP contribution is -2.31. The summed E-state index contributed by atoms with van der Waals surface area (Å²) in [7, 11) is 0. The Bertz CT molecular complexity index is 891. The van der Waals surface area contributed by atoms with Gasteiger partial charge in [-0.25, -0.2) is 15.0 Å². The van der Waals surface area contributed by atoms with Crippen molar-refractivity contribution in [3.8, 4) is 0 Å². The SMILES string of the molecule is Cc1nc(Nc2ncnc(NNC(=O)Cc3ccccc3)c2N)sc1C. The summed E-state index contributed by atoms with van der Waals surface area (Å²) < 4.78 is 0. The van der Waals surface area contributed by atoms with Gasteiger partial charge in [0.25, 0.3) is 0 Å². The number of hydrogen-bond acceptors (Lipinski definition) is 8. The molecule has 2 heterocycles. The zero-order valence-corrected chi connectivity index (χ0v) is 15.2. The highest BCUT2D eigenvalue weighted by atomic mass is 32.1. The molecule has 0 atom stereocenters. The van der Waals surface area contributed by atoms with E-state index in [4.69, 9.17) is 5.73 Å². The quantitative estimate of drug-likeness (QED) is 0.493. The Balaban J connectivity index is 1.64. The molecule has 9 heteroatoms. The van der Waals surface area contributed by atoms with Crippen molar-refractivity contribution in [2.24, 2.45) is 0 Å². The Morgan fingerprint density at radius 3 is 2.58 bits per heavy atom. The molecule has 8 nitrogen and oxygen atoms in total. The average Bonchev–Trinajstić information content (AvgIpc) is 2.94. The van der Waals surface area contributed by atoms with Crippen LogP contribution in [0.15, 0.2) is 36.7 Å². The van der Waals surface area contributed by atoms with Crippen LogP contribution in [0.2, 0.25) is 0 Å². The van der Waals surface area contributed by atoms with Crippen LogP contribution in [-0.2, 0) is 11.2 Å². The maximum absolute atomic E-state index is 12.0. The molecule has 134 valence electrons. The van der Waals surface area contributed by atoms with Gasteiger partial charge >= 0.3 is 0 Å².